The zero-order valence-corrected chi connectivity index (χ0v) is 13.9. The lowest BCUT2D eigenvalue weighted by molar-refractivity contribution is 0.201. The van der Waals surface area contributed by atoms with E-state index in [4.69, 9.17) is 0 Å². The van der Waals surface area contributed by atoms with Crippen molar-refractivity contribution in [2.24, 2.45) is 11.8 Å². The maximum atomic E-state index is 4.39. The molecular formula is C20H31N. The summed E-state index contributed by atoms with van der Waals surface area (Å²) < 4.78 is 0. The van der Waals surface area contributed by atoms with Gasteiger partial charge in [-0.25, -0.2) is 0 Å². The second kappa shape index (κ2) is 8.26. The molecule has 0 aromatic heterocycles. The van der Waals surface area contributed by atoms with Gasteiger partial charge in [-0.1, -0.05) is 70.0 Å². The minimum atomic E-state index is 0.541. The molecule has 0 spiro atoms. The molecule has 0 N–H and O–H groups in total. The molecule has 116 valence electrons. The highest BCUT2D eigenvalue weighted by atomic mass is 15.1. The molecule has 1 heteroatoms. The standard InChI is InChI=1S/C20H31N/c1-4-5-9-19-12-14-21(15-13-19)18(3)17(2)16-20-10-7-6-8-11-20/h6-8,10-11,17,19H,3-5,9,12-16H2,1-2H3. The normalized spacial score (nSPS) is 17.7. The molecule has 1 aliphatic heterocycles. The van der Waals surface area contributed by atoms with E-state index in [0.717, 1.165) is 12.3 Å². The topological polar surface area (TPSA) is 3.24 Å². The van der Waals surface area contributed by atoms with Crippen molar-refractivity contribution in [3.05, 3.63) is 48.2 Å². The average molecular weight is 285 g/mol. The van der Waals surface area contributed by atoms with Crippen LogP contribution in [0.5, 0.6) is 0 Å². The van der Waals surface area contributed by atoms with E-state index in [1.54, 1.807) is 0 Å². The monoisotopic (exact) mass is 285 g/mol. The van der Waals surface area contributed by atoms with Gasteiger partial charge >= 0.3 is 0 Å². The number of rotatable bonds is 7. The minimum absolute atomic E-state index is 0.541. The van der Waals surface area contributed by atoms with Gasteiger partial charge in [-0.2, -0.15) is 0 Å². The van der Waals surface area contributed by atoms with E-state index in [-0.39, 0.29) is 0 Å². The predicted molar refractivity (Wildman–Crippen MR) is 92.3 cm³/mol. The molecule has 0 aliphatic carbocycles. The summed E-state index contributed by atoms with van der Waals surface area (Å²) in [5.74, 6) is 1.50. The van der Waals surface area contributed by atoms with Crippen molar-refractivity contribution in [1.82, 2.24) is 4.90 Å². The van der Waals surface area contributed by atoms with Crippen LogP contribution in [0.15, 0.2) is 42.6 Å². The maximum Gasteiger partial charge on any atom is 0.0177 e. The third kappa shape index (κ3) is 4.91. The summed E-state index contributed by atoms with van der Waals surface area (Å²) >= 11 is 0. The number of allylic oxidation sites excluding steroid dienone is 1. The van der Waals surface area contributed by atoms with Crippen LogP contribution in [0.3, 0.4) is 0 Å². The van der Waals surface area contributed by atoms with Crippen LogP contribution >= 0.6 is 0 Å². The number of likely N-dealkylation sites (tertiary alicyclic amines) is 1. The van der Waals surface area contributed by atoms with E-state index in [9.17, 15) is 0 Å². The van der Waals surface area contributed by atoms with Crippen molar-refractivity contribution >= 4 is 0 Å². The number of unbranched alkanes of at least 4 members (excludes halogenated alkanes) is 1. The Morgan fingerprint density at radius 2 is 1.90 bits per heavy atom. The summed E-state index contributed by atoms with van der Waals surface area (Å²) in [6, 6.07) is 10.8. The van der Waals surface area contributed by atoms with Gasteiger partial charge in [0.25, 0.3) is 0 Å². The molecule has 0 saturated carbocycles. The fraction of sp³-hybridized carbons (Fsp3) is 0.600. The Bertz CT molecular complexity index is 415. The van der Waals surface area contributed by atoms with Crippen LogP contribution < -0.4 is 0 Å². The van der Waals surface area contributed by atoms with Gasteiger partial charge in [0.05, 0.1) is 0 Å². The highest BCUT2D eigenvalue weighted by Gasteiger charge is 2.21. The van der Waals surface area contributed by atoms with Crippen molar-refractivity contribution < 1.29 is 0 Å². The molecule has 0 bridgehead atoms. The third-order valence-electron chi connectivity index (χ3n) is 4.94. The summed E-state index contributed by atoms with van der Waals surface area (Å²) in [7, 11) is 0. The van der Waals surface area contributed by atoms with E-state index in [2.05, 4.69) is 55.7 Å². The molecule has 1 heterocycles. The van der Waals surface area contributed by atoms with Crippen LogP contribution in [0.25, 0.3) is 0 Å². The first kappa shape index (κ1) is 16.1. The van der Waals surface area contributed by atoms with Gasteiger partial charge in [0.1, 0.15) is 0 Å². The molecule has 1 aromatic rings. The van der Waals surface area contributed by atoms with Crippen molar-refractivity contribution in [2.75, 3.05) is 13.1 Å². The number of hydrogen-bond donors (Lipinski definition) is 0. The molecule has 1 atom stereocenters. The van der Waals surface area contributed by atoms with Gasteiger partial charge in [0.2, 0.25) is 0 Å². The predicted octanol–water partition coefficient (Wildman–Crippen LogP) is 5.28. The first-order chi connectivity index (χ1) is 10.2. The van der Waals surface area contributed by atoms with Gasteiger partial charge in [0.15, 0.2) is 0 Å². The molecule has 2 rings (SSSR count). The second-order valence-corrected chi connectivity index (χ2v) is 6.65. The summed E-state index contributed by atoms with van der Waals surface area (Å²) in [4.78, 5) is 2.54. The largest absolute Gasteiger partial charge is 0.375 e. The Morgan fingerprint density at radius 3 is 2.52 bits per heavy atom. The lowest BCUT2D eigenvalue weighted by atomic mass is 9.90. The Labute approximate surface area is 131 Å². The molecule has 21 heavy (non-hydrogen) atoms. The lowest BCUT2D eigenvalue weighted by Gasteiger charge is -2.37. The molecule has 1 fully saturated rings. The van der Waals surface area contributed by atoms with Crippen molar-refractivity contribution in [3.63, 3.8) is 0 Å². The number of piperidine rings is 1. The zero-order valence-electron chi connectivity index (χ0n) is 13.9. The highest BCUT2D eigenvalue weighted by molar-refractivity contribution is 5.17. The summed E-state index contributed by atoms with van der Waals surface area (Å²) in [5.41, 5.74) is 2.76. The zero-order chi connectivity index (χ0) is 15.1. The van der Waals surface area contributed by atoms with Crippen LogP contribution in [0.2, 0.25) is 0 Å². The van der Waals surface area contributed by atoms with Crippen LogP contribution in [0.4, 0.5) is 0 Å². The first-order valence-corrected chi connectivity index (χ1v) is 8.68. The lowest BCUT2D eigenvalue weighted by Crippen LogP contribution is -2.35. The minimum Gasteiger partial charge on any atom is -0.375 e. The fourth-order valence-electron chi connectivity index (χ4n) is 3.40. The van der Waals surface area contributed by atoms with Gasteiger partial charge in [0, 0.05) is 18.8 Å². The van der Waals surface area contributed by atoms with E-state index in [0.29, 0.717) is 5.92 Å². The fourth-order valence-corrected chi connectivity index (χ4v) is 3.40. The molecule has 1 unspecified atom stereocenters. The summed E-state index contributed by atoms with van der Waals surface area (Å²) in [5, 5.41) is 0. The molecule has 0 amide bonds. The number of benzene rings is 1. The second-order valence-electron chi connectivity index (χ2n) is 6.65. The molecular weight excluding hydrogens is 254 g/mol. The van der Waals surface area contributed by atoms with Crippen LogP contribution in [0, 0.1) is 11.8 Å². The Morgan fingerprint density at radius 1 is 1.24 bits per heavy atom. The SMILES string of the molecule is C=C(C(C)Cc1ccccc1)N1CCC(CCCC)CC1. The maximum absolute atomic E-state index is 4.39. The van der Waals surface area contributed by atoms with Crippen LogP contribution in [0.1, 0.15) is 51.5 Å². The summed E-state index contributed by atoms with van der Waals surface area (Å²) in [6.07, 6.45) is 7.98. The van der Waals surface area contributed by atoms with E-state index in [1.165, 1.54) is 56.5 Å². The molecule has 1 aromatic carbocycles. The Kier molecular flexibility index (Phi) is 6.35. The Balaban J connectivity index is 1.78. The van der Waals surface area contributed by atoms with Gasteiger partial charge in [-0.05, 0) is 36.7 Å². The van der Waals surface area contributed by atoms with Gasteiger partial charge in [-0.15, -0.1) is 0 Å². The van der Waals surface area contributed by atoms with Crippen molar-refractivity contribution in [3.8, 4) is 0 Å². The number of nitrogens with zero attached hydrogens (tertiary/aromatic N) is 1. The molecule has 0 radical (unpaired) electrons. The summed E-state index contributed by atoms with van der Waals surface area (Å²) in [6.45, 7) is 11.4. The Hall–Kier alpha value is -1.24. The van der Waals surface area contributed by atoms with Gasteiger partial charge < -0.3 is 4.90 Å². The van der Waals surface area contributed by atoms with Crippen LogP contribution in [-0.2, 0) is 6.42 Å². The van der Waals surface area contributed by atoms with E-state index >= 15 is 0 Å². The van der Waals surface area contributed by atoms with Gasteiger partial charge in [-0.3, -0.25) is 0 Å². The molecule has 1 saturated heterocycles. The quantitative estimate of drug-likeness (QED) is 0.658. The molecule has 1 aliphatic rings. The van der Waals surface area contributed by atoms with Crippen molar-refractivity contribution in [1.29, 1.82) is 0 Å². The first-order valence-electron chi connectivity index (χ1n) is 8.68. The third-order valence-corrected chi connectivity index (χ3v) is 4.94. The van der Waals surface area contributed by atoms with Crippen molar-refractivity contribution in [2.45, 2.75) is 52.4 Å². The average Bonchev–Trinajstić information content (AvgIpc) is 2.53. The van der Waals surface area contributed by atoms with E-state index < -0.39 is 0 Å². The highest BCUT2D eigenvalue weighted by Crippen LogP contribution is 2.27. The molecule has 1 nitrogen and oxygen atoms in total. The van der Waals surface area contributed by atoms with E-state index in [1.807, 2.05) is 0 Å². The smallest absolute Gasteiger partial charge is 0.0177 e. The number of hydrogen-bond acceptors (Lipinski definition) is 1. The van der Waals surface area contributed by atoms with Crippen LogP contribution in [-0.4, -0.2) is 18.0 Å².